The Morgan fingerprint density at radius 3 is 2.25 bits per heavy atom. The summed E-state index contributed by atoms with van der Waals surface area (Å²) < 4.78 is 0. The molecule has 0 spiro atoms. The minimum absolute atomic E-state index is 0.0832. The first-order chi connectivity index (χ1) is 9.24. The van der Waals surface area contributed by atoms with Gasteiger partial charge >= 0.3 is 0 Å². The molecule has 0 saturated heterocycles. The van der Waals surface area contributed by atoms with Crippen LogP contribution in [0, 0.1) is 11.3 Å². The fourth-order valence-corrected chi connectivity index (χ4v) is 2.99. The molecule has 0 atom stereocenters. The third-order valence-electron chi connectivity index (χ3n) is 3.88. The smallest absolute Gasteiger partial charge is 0.241 e. The van der Waals surface area contributed by atoms with Crippen LogP contribution in [0.25, 0.3) is 0 Å². The second kappa shape index (κ2) is 6.52. The van der Waals surface area contributed by atoms with Gasteiger partial charge in [0.1, 0.15) is 0 Å². The van der Waals surface area contributed by atoms with E-state index in [1.807, 2.05) is 6.92 Å². The van der Waals surface area contributed by atoms with Crippen molar-refractivity contribution >= 4 is 29.0 Å². The van der Waals surface area contributed by atoms with E-state index in [9.17, 15) is 9.59 Å². The Morgan fingerprint density at radius 2 is 1.90 bits per heavy atom. The Morgan fingerprint density at radius 1 is 1.35 bits per heavy atom. The van der Waals surface area contributed by atoms with Crippen LogP contribution < -0.4 is 5.73 Å². The Bertz CT molecular complexity index is 403. The minimum atomic E-state index is -0.726. The summed E-state index contributed by atoms with van der Waals surface area (Å²) in [6, 6.07) is 0. The van der Waals surface area contributed by atoms with Gasteiger partial charge in [0, 0.05) is 20.6 Å². The molecule has 5 nitrogen and oxygen atoms in total. The number of amides is 2. The molecule has 114 valence electrons. The molecule has 2 N–H and O–H groups in total. The Kier molecular flexibility index (Phi) is 5.50. The number of carbonyl (C=O) groups excluding carboxylic acids is 2. The zero-order valence-electron chi connectivity index (χ0n) is 12.8. The maximum absolute atomic E-state index is 12.8. The lowest BCUT2D eigenvalue weighted by atomic mass is 9.61. The summed E-state index contributed by atoms with van der Waals surface area (Å²) in [4.78, 5) is 28.0. The highest BCUT2D eigenvalue weighted by molar-refractivity contribution is 7.80. The van der Waals surface area contributed by atoms with E-state index < -0.39 is 5.41 Å². The zero-order valence-corrected chi connectivity index (χ0v) is 13.6. The van der Waals surface area contributed by atoms with Crippen molar-refractivity contribution in [2.24, 2.45) is 17.1 Å². The Labute approximate surface area is 126 Å². The van der Waals surface area contributed by atoms with Crippen molar-refractivity contribution in [3.05, 3.63) is 0 Å². The summed E-state index contributed by atoms with van der Waals surface area (Å²) in [5.41, 5.74) is 5.08. The van der Waals surface area contributed by atoms with Gasteiger partial charge in [-0.15, -0.1) is 0 Å². The lowest BCUT2D eigenvalue weighted by Gasteiger charge is -2.46. The molecule has 20 heavy (non-hydrogen) atoms. The van der Waals surface area contributed by atoms with Gasteiger partial charge in [-0.1, -0.05) is 26.1 Å². The lowest BCUT2D eigenvalue weighted by Crippen LogP contribution is -2.58. The first-order valence-corrected chi connectivity index (χ1v) is 7.45. The van der Waals surface area contributed by atoms with E-state index in [1.165, 1.54) is 4.90 Å². The number of thiocarbonyl (C=S) groups is 1. The van der Waals surface area contributed by atoms with E-state index >= 15 is 0 Å². The van der Waals surface area contributed by atoms with Gasteiger partial charge in [0.25, 0.3) is 0 Å². The molecule has 2 amide bonds. The number of hydrogen-bond acceptors (Lipinski definition) is 3. The standard InChI is InChI=1S/C14H25N3O2S/c1-5-6-17(9-11(18)16(3)4)13(19)14(12(15)20)7-10(2)8-14/h10H,5-9H2,1-4H3,(H2,15,20). The third kappa shape index (κ3) is 3.29. The fraction of sp³-hybridized carbons (Fsp3) is 0.786. The molecule has 1 aliphatic carbocycles. The van der Waals surface area contributed by atoms with Gasteiger partial charge in [0.15, 0.2) is 0 Å². The summed E-state index contributed by atoms with van der Waals surface area (Å²) in [6.07, 6.45) is 2.19. The van der Waals surface area contributed by atoms with Crippen molar-refractivity contribution < 1.29 is 9.59 Å². The monoisotopic (exact) mass is 299 g/mol. The Balaban J connectivity index is 2.87. The van der Waals surface area contributed by atoms with E-state index in [-0.39, 0.29) is 23.3 Å². The summed E-state index contributed by atoms with van der Waals surface area (Å²) in [6.45, 7) is 4.71. The molecule has 6 heteroatoms. The molecular formula is C14H25N3O2S. The quantitative estimate of drug-likeness (QED) is 0.744. The van der Waals surface area contributed by atoms with Crippen molar-refractivity contribution in [2.75, 3.05) is 27.2 Å². The van der Waals surface area contributed by atoms with Crippen LogP contribution in [0.1, 0.15) is 33.1 Å². The van der Waals surface area contributed by atoms with Gasteiger partial charge in [-0.3, -0.25) is 9.59 Å². The fourth-order valence-electron chi connectivity index (χ4n) is 2.74. The first-order valence-electron chi connectivity index (χ1n) is 7.04. The van der Waals surface area contributed by atoms with Crippen molar-refractivity contribution in [1.82, 2.24) is 9.80 Å². The predicted molar refractivity (Wildman–Crippen MR) is 83.2 cm³/mol. The van der Waals surface area contributed by atoms with Gasteiger partial charge in [0.2, 0.25) is 11.8 Å². The van der Waals surface area contributed by atoms with Gasteiger partial charge in [-0.05, 0) is 25.2 Å². The highest BCUT2D eigenvalue weighted by Gasteiger charge is 2.52. The van der Waals surface area contributed by atoms with Crippen LogP contribution in [0.2, 0.25) is 0 Å². The second-order valence-corrected chi connectivity index (χ2v) is 6.41. The van der Waals surface area contributed by atoms with Gasteiger partial charge in [0.05, 0.1) is 16.9 Å². The summed E-state index contributed by atoms with van der Waals surface area (Å²) in [7, 11) is 3.37. The minimum Gasteiger partial charge on any atom is -0.392 e. The molecule has 0 aromatic carbocycles. The number of nitrogens with two attached hydrogens (primary N) is 1. The number of rotatable bonds is 6. The van der Waals surface area contributed by atoms with E-state index in [0.29, 0.717) is 25.3 Å². The maximum Gasteiger partial charge on any atom is 0.241 e. The van der Waals surface area contributed by atoms with Crippen LogP contribution in [0.4, 0.5) is 0 Å². The number of nitrogens with zero attached hydrogens (tertiary/aromatic N) is 2. The van der Waals surface area contributed by atoms with Gasteiger partial charge in [-0.25, -0.2) is 0 Å². The average Bonchev–Trinajstić information content (AvgIpc) is 2.32. The van der Waals surface area contributed by atoms with Crippen LogP contribution in [-0.2, 0) is 9.59 Å². The maximum atomic E-state index is 12.8. The van der Waals surface area contributed by atoms with Crippen LogP contribution in [0.5, 0.6) is 0 Å². The SMILES string of the molecule is CCCN(CC(=O)N(C)C)C(=O)C1(C(N)=S)CC(C)C1. The third-order valence-corrected chi connectivity index (χ3v) is 4.27. The molecule has 0 aliphatic heterocycles. The molecular weight excluding hydrogens is 274 g/mol. The highest BCUT2D eigenvalue weighted by Crippen LogP contribution is 2.47. The molecule has 0 unspecified atom stereocenters. The van der Waals surface area contributed by atoms with E-state index in [0.717, 1.165) is 6.42 Å². The molecule has 1 saturated carbocycles. The molecule has 0 radical (unpaired) electrons. The molecule has 0 heterocycles. The molecule has 1 fully saturated rings. The lowest BCUT2D eigenvalue weighted by molar-refractivity contribution is -0.148. The summed E-state index contributed by atoms with van der Waals surface area (Å²) in [5, 5.41) is 0. The van der Waals surface area contributed by atoms with Crippen LogP contribution in [0.15, 0.2) is 0 Å². The van der Waals surface area contributed by atoms with Crippen molar-refractivity contribution in [3.63, 3.8) is 0 Å². The van der Waals surface area contributed by atoms with Crippen molar-refractivity contribution in [2.45, 2.75) is 33.1 Å². The van der Waals surface area contributed by atoms with Gasteiger partial charge in [-0.2, -0.15) is 0 Å². The van der Waals surface area contributed by atoms with E-state index in [2.05, 4.69) is 6.92 Å². The first kappa shape index (κ1) is 16.9. The number of carbonyl (C=O) groups is 2. The van der Waals surface area contributed by atoms with Crippen molar-refractivity contribution in [1.29, 1.82) is 0 Å². The van der Waals surface area contributed by atoms with Crippen molar-refractivity contribution in [3.8, 4) is 0 Å². The van der Waals surface area contributed by atoms with Crippen LogP contribution >= 0.6 is 12.2 Å². The average molecular weight is 299 g/mol. The summed E-state index contributed by atoms with van der Waals surface area (Å²) >= 11 is 5.11. The molecule has 1 rings (SSSR count). The normalized spacial score (nSPS) is 24.7. The zero-order chi connectivity index (χ0) is 15.5. The van der Waals surface area contributed by atoms with E-state index in [1.54, 1.807) is 19.0 Å². The van der Waals surface area contributed by atoms with E-state index in [4.69, 9.17) is 18.0 Å². The molecule has 0 aromatic rings. The molecule has 0 bridgehead atoms. The number of likely N-dealkylation sites (N-methyl/N-ethyl adjacent to an activating group) is 1. The largest absolute Gasteiger partial charge is 0.392 e. The topological polar surface area (TPSA) is 66.6 Å². The molecule has 0 aromatic heterocycles. The van der Waals surface area contributed by atoms with Crippen LogP contribution in [-0.4, -0.2) is 53.8 Å². The molecule has 1 aliphatic rings. The number of hydrogen-bond donors (Lipinski definition) is 1. The second-order valence-electron chi connectivity index (χ2n) is 5.97. The van der Waals surface area contributed by atoms with Crippen LogP contribution in [0.3, 0.4) is 0 Å². The van der Waals surface area contributed by atoms with Gasteiger partial charge < -0.3 is 15.5 Å². The predicted octanol–water partition coefficient (Wildman–Crippen LogP) is 1.02. The Hall–Kier alpha value is -1.17. The highest BCUT2D eigenvalue weighted by atomic mass is 32.1. The summed E-state index contributed by atoms with van der Waals surface area (Å²) in [5.74, 6) is 0.283.